The van der Waals surface area contributed by atoms with Gasteiger partial charge in [-0.25, -0.2) is 4.98 Å². The third kappa shape index (κ3) is 2.45. The number of rotatable bonds is 3. The van der Waals surface area contributed by atoms with E-state index in [4.69, 9.17) is 10.2 Å². The van der Waals surface area contributed by atoms with E-state index in [1.54, 1.807) is 0 Å². The van der Waals surface area contributed by atoms with Gasteiger partial charge in [0.15, 0.2) is 11.4 Å². The molecule has 9 heteroatoms. The molecule has 2 fully saturated rings. The third-order valence-corrected chi connectivity index (χ3v) is 5.28. The van der Waals surface area contributed by atoms with Crippen LogP contribution in [0.15, 0.2) is 22.6 Å². The molecule has 3 unspecified atom stereocenters. The highest BCUT2D eigenvalue weighted by Gasteiger charge is 2.47. The van der Waals surface area contributed by atoms with Crippen LogP contribution in [0.2, 0.25) is 0 Å². The molecule has 3 aromatic rings. The minimum atomic E-state index is -4.44. The Labute approximate surface area is 146 Å². The smallest absolute Gasteiger partial charge is 0.416 e. The summed E-state index contributed by atoms with van der Waals surface area (Å²) < 4.78 is 44.8. The fourth-order valence-electron chi connectivity index (χ4n) is 3.84. The van der Waals surface area contributed by atoms with Gasteiger partial charge >= 0.3 is 6.18 Å². The van der Waals surface area contributed by atoms with Crippen LogP contribution in [0.5, 0.6) is 0 Å². The molecule has 0 amide bonds. The number of anilines is 2. The number of alkyl halides is 3. The Morgan fingerprint density at radius 3 is 2.85 bits per heavy atom. The molecule has 0 radical (unpaired) electrons. The van der Waals surface area contributed by atoms with E-state index >= 15 is 0 Å². The normalized spacial score (nSPS) is 25.0. The summed E-state index contributed by atoms with van der Waals surface area (Å²) in [5.41, 5.74) is 5.94. The minimum absolute atomic E-state index is 0.0104. The second-order valence-corrected chi connectivity index (χ2v) is 6.97. The van der Waals surface area contributed by atoms with Crippen LogP contribution in [0.25, 0.3) is 22.1 Å². The molecule has 1 aliphatic carbocycles. The Hall–Kier alpha value is -2.55. The van der Waals surface area contributed by atoms with Gasteiger partial charge in [0.1, 0.15) is 11.1 Å². The van der Waals surface area contributed by atoms with Gasteiger partial charge in [-0.15, -0.1) is 0 Å². The van der Waals surface area contributed by atoms with Crippen molar-refractivity contribution >= 4 is 33.8 Å². The van der Waals surface area contributed by atoms with Crippen LogP contribution in [0, 0.1) is 11.8 Å². The molecular formula is C17H16F3N5O. The van der Waals surface area contributed by atoms with Crippen LogP contribution in [0.3, 0.4) is 0 Å². The minimum Gasteiger partial charge on any atom is -0.450 e. The van der Waals surface area contributed by atoms with Gasteiger partial charge in [0, 0.05) is 18.0 Å². The van der Waals surface area contributed by atoms with E-state index in [-0.39, 0.29) is 16.9 Å². The van der Waals surface area contributed by atoms with E-state index in [1.165, 1.54) is 12.5 Å². The zero-order valence-corrected chi connectivity index (χ0v) is 13.6. The lowest BCUT2D eigenvalue weighted by atomic mass is 10.1. The standard InChI is InChI=1S/C17H16F3N5O/c18-17(19,20)8-1-2-12-10(4-8)13-14(26-12)15(25-16(21)24-13)23-6-11-9-3-7(9)5-22-11/h1-2,4,7,9,11,22H,3,5-6H2,(H3,21,23,24,25). The Balaban J connectivity index is 1.55. The third-order valence-electron chi connectivity index (χ3n) is 5.28. The monoisotopic (exact) mass is 363 g/mol. The molecule has 1 aromatic carbocycles. The highest BCUT2D eigenvalue weighted by Crippen LogP contribution is 2.45. The molecule has 3 atom stereocenters. The summed E-state index contributed by atoms with van der Waals surface area (Å²) in [6, 6.07) is 3.68. The second kappa shape index (κ2) is 5.23. The number of halogens is 3. The number of hydrogen-bond donors (Lipinski definition) is 3. The van der Waals surface area contributed by atoms with Crippen molar-refractivity contribution in [2.75, 3.05) is 24.1 Å². The van der Waals surface area contributed by atoms with Crippen LogP contribution in [-0.2, 0) is 6.18 Å². The quantitative estimate of drug-likeness (QED) is 0.663. The lowest BCUT2D eigenvalue weighted by Crippen LogP contribution is -2.33. The van der Waals surface area contributed by atoms with Gasteiger partial charge in [-0.1, -0.05) is 0 Å². The maximum atomic E-state index is 13.0. The number of aromatic nitrogens is 2. The first kappa shape index (κ1) is 15.7. The highest BCUT2D eigenvalue weighted by molar-refractivity contribution is 6.06. The predicted molar refractivity (Wildman–Crippen MR) is 90.6 cm³/mol. The summed E-state index contributed by atoms with van der Waals surface area (Å²) >= 11 is 0. The molecule has 3 heterocycles. The highest BCUT2D eigenvalue weighted by atomic mass is 19.4. The van der Waals surface area contributed by atoms with Crippen LogP contribution >= 0.6 is 0 Å². The summed E-state index contributed by atoms with van der Waals surface area (Å²) in [6.45, 7) is 1.68. The van der Waals surface area contributed by atoms with E-state index in [9.17, 15) is 13.2 Å². The summed E-state index contributed by atoms with van der Waals surface area (Å²) in [5.74, 6) is 1.85. The van der Waals surface area contributed by atoms with E-state index in [0.717, 1.165) is 24.6 Å². The van der Waals surface area contributed by atoms with Crippen molar-refractivity contribution in [3.8, 4) is 0 Å². The molecule has 4 N–H and O–H groups in total. The Kier molecular flexibility index (Phi) is 3.15. The van der Waals surface area contributed by atoms with Crippen molar-refractivity contribution in [2.24, 2.45) is 11.8 Å². The zero-order valence-electron chi connectivity index (χ0n) is 13.6. The van der Waals surface area contributed by atoms with Crippen LogP contribution < -0.4 is 16.4 Å². The van der Waals surface area contributed by atoms with Crippen LogP contribution in [0.1, 0.15) is 12.0 Å². The first-order chi connectivity index (χ1) is 12.4. The van der Waals surface area contributed by atoms with Gasteiger partial charge in [-0.05, 0) is 43.0 Å². The summed E-state index contributed by atoms with van der Waals surface area (Å²) in [5, 5.41) is 6.94. The predicted octanol–water partition coefficient (Wildman–Crippen LogP) is 3.00. The van der Waals surface area contributed by atoms with Gasteiger partial charge in [-0.2, -0.15) is 18.2 Å². The van der Waals surface area contributed by atoms with Gasteiger partial charge in [0.25, 0.3) is 0 Å². The van der Waals surface area contributed by atoms with E-state index in [0.29, 0.717) is 35.5 Å². The molecule has 1 aliphatic heterocycles. The summed E-state index contributed by atoms with van der Waals surface area (Å²) in [7, 11) is 0. The number of furan rings is 1. The Morgan fingerprint density at radius 1 is 1.31 bits per heavy atom. The van der Waals surface area contributed by atoms with Gasteiger partial charge < -0.3 is 20.8 Å². The molecule has 26 heavy (non-hydrogen) atoms. The number of nitrogens with one attached hydrogen (secondary N) is 2. The van der Waals surface area contributed by atoms with Crippen molar-refractivity contribution in [3.63, 3.8) is 0 Å². The van der Waals surface area contributed by atoms with Crippen molar-refractivity contribution in [1.82, 2.24) is 15.3 Å². The molecule has 2 aromatic heterocycles. The van der Waals surface area contributed by atoms with Crippen molar-refractivity contribution in [1.29, 1.82) is 0 Å². The summed E-state index contributed by atoms with van der Waals surface area (Å²) in [4.78, 5) is 8.28. The van der Waals surface area contributed by atoms with Crippen LogP contribution in [0.4, 0.5) is 24.9 Å². The second-order valence-electron chi connectivity index (χ2n) is 6.97. The number of piperidine rings is 1. The fourth-order valence-corrected chi connectivity index (χ4v) is 3.84. The first-order valence-electron chi connectivity index (χ1n) is 8.44. The number of fused-ring (bicyclic) bond motifs is 4. The largest absolute Gasteiger partial charge is 0.450 e. The zero-order chi connectivity index (χ0) is 18.1. The van der Waals surface area contributed by atoms with E-state index in [1.807, 2.05) is 0 Å². The Bertz CT molecular complexity index is 1010. The number of nitrogens with two attached hydrogens (primary N) is 1. The maximum absolute atomic E-state index is 13.0. The van der Waals surface area contributed by atoms with Gasteiger partial charge in [-0.3, -0.25) is 0 Å². The van der Waals surface area contributed by atoms with E-state index in [2.05, 4.69) is 20.6 Å². The molecule has 6 nitrogen and oxygen atoms in total. The lowest BCUT2D eigenvalue weighted by molar-refractivity contribution is -0.137. The topological polar surface area (TPSA) is 89.0 Å². The van der Waals surface area contributed by atoms with E-state index < -0.39 is 11.7 Å². The lowest BCUT2D eigenvalue weighted by Gasteiger charge is -2.14. The average Bonchev–Trinajstić information content (AvgIpc) is 3.11. The molecule has 0 spiro atoms. The van der Waals surface area contributed by atoms with Crippen molar-refractivity contribution < 1.29 is 17.6 Å². The fraction of sp³-hybridized carbons (Fsp3) is 0.412. The SMILES string of the molecule is Nc1nc(NCC2NCC3CC32)c2oc3ccc(C(F)(F)F)cc3c2n1. The first-order valence-corrected chi connectivity index (χ1v) is 8.44. The number of benzene rings is 1. The van der Waals surface area contributed by atoms with Gasteiger partial charge in [0.05, 0.1) is 5.56 Å². The van der Waals surface area contributed by atoms with Crippen molar-refractivity contribution in [2.45, 2.75) is 18.6 Å². The van der Waals surface area contributed by atoms with Gasteiger partial charge in [0.2, 0.25) is 5.95 Å². The van der Waals surface area contributed by atoms with Crippen LogP contribution in [-0.4, -0.2) is 29.1 Å². The molecule has 0 bridgehead atoms. The number of nitrogen functional groups attached to an aromatic ring is 1. The molecule has 5 rings (SSSR count). The Morgan fingerprint density at radius 2 is 2.15 bits per heavy atom. The van der Waals surface area contributed by atoms with Crippen molar-refractivity contribution in [3.05, 3.63) is 23.8 Å². The summed E-state index contributed by atoms with van der Waals surface area (Å²) in [6.07, 6.45) is -3.20. The average molecular weight is 363 g/mol. The molecule has 1 saturated carbocycles. The molecule has 136 valence electrons. The maximum Gasteiger partial charge on any atom is 0.416 e. The molecule has 2 aliphatic rings. The molecule has 1 saturated heterocycles. The number of nitrogens with zero attached hydrogens (tertiary/aromatic N) is 2. The molecular weight excluding hydrogens is 347 g/mol. The number of hydrogen-bond acceptors (Lipinski definition) is 6.